The molecule has 1 fully saturated rings. The van der Waals surface area contributed by atoms with E-state index in [1.54, 1.807) is 0 Å². The number of rotatable bonds is 4. The largest absolute Gasteiger partial charge is 0.369 e. The molecular formula is C7H16O6P2. The summed E-state index contributed by atoms with van der Waals surface area (Å²) in [4.78, 5) is 27.6. The quantitative estimate of drug-likeness (QED) is 0.560. The fraction of sp³-hybridized carbons (Fsp3) is 1.00. The third kappa shape index (κ3) is 1.95. The molecule has 1 aliphatic rings. The van der Waals surface area contributed by atoms with Gasteiger partial charge in [0.15, 0.2) is 0 Å². The topological polar surface area (TPSA) is 115 Å². The summed E-state index contributed by atoms with van der Waals surface area (Å²) in [7, 11) is -9.25. The molecule has 0 spiro atoms. The van der Waals surface area contributed by atoms with Crippen molar-refractivity contribution in [3.63, 3.8) is 0 Å². The molecule has 0 saturated heterocycles. The molecule has 0 heterocycles. The molecule has 1 aliphatic carbocycles. The first kappa shape index (κ1) is 13.4. The highest BCUT2D eigenvalue weighted by molar-refractivity contribution is 7.75. The lowest BCUT2D eigenvalue weighted by atomic mass is 10.00. The zero-order valence-electron chi connectivity index (χ0n) is 8.41. The van der Waals surface area contributed by atoms with Gasteiger partial charge in [0.05, 0.1) is 0 Å². The van der Waals surface area contributed by atoms with Crippen LogP contribution in [0, 0.1) is 0 Å². The first-order chi connectivity index (χ1) is 6.67. The second-order valence-corrected chi connectivity index (χ2v) is 8.78. The molecule has 0 aliphatic heterocycles. The fourth-order valence-corrected chi connectivity index (χ4v) is 6.15. The van der Waals surface area contributed by atoms with Crippen LogP contribution in [0.5, 0.6) is 0 Å². The predicted octanol–water partition coefficient (Wildman–Crippen LogP) is 1.04. The van der Waals surface area contributed by atoms with E-state index in [9.17, 15) is 19.1 Å². The van der Waals surface area contributed by atoms with Gasteiger partial charge in [0, 0.05) is 5.66 Å². The van der Waals surface area contributed by atoms with Crippen LogP contribution in [0.3, 0.4) is 0 Å². The lowest BCUT2D eigenvalue weighted by Crippen LogP contribution is -2.35. The van der Waals surface area contributed by atoms with Crippen LogP contribution in [0.1, 0.15) is 32.6 Å². The molecule has 0 amide bonds. The van der Waals surface area contributed by atoms with Crippen molar-refractivity contribution in [3.05, 3.63) is 0 Å². The van der Waals surface area contributed by atoms with Crippen LogP contribution in [-0.2, 0) is 9.13 Å². The molecular weight excluding hydrogens is 242 g/mol. The SMILES string of the molecule is CCC(O)(P(=O)(O)O)P(=O)(O)C1CCC1. The van der Waals surface area contributed by atoms with Gasteiger partial charge in [-0.1, -0.05) is 13.3 Å². The molecule has 0 aromatic heterocycles. The highest BCUT2D eigenvalue weighted by Crippen LogP contribution is 2.75. The zero-order valence-corrected chi connectivity index (χ0v) is 10.2. The summed E-state index contributed by atoms with van der Waals surface area (Å²) < 4.78 is 23.0. The van der Waals surface area contributed by atoms with Gasteiger partial charge in [0.2, 0.25) is 12.5 Å². The summed E-state index contributed by atoms with van der Waals surface area (Å²) in [6, 6.07) is 0. The fourth-order valence-electron chi connectivity index (χ4n) is 1.65. The number of hydrogen-bond acceptors (Lipinski definition) is 3. The lowest BCUT2D eigenvalue weighted by Gasteiger charge is -2.39. The van der Waals surface area contributed by atoms with E-state index in [4.69, 9.17) is 9.79 Å². The minimum atomic E-state index is -5.00. The summed E-state index contributed by atoms with van der Waals surface area (Å²) in [6.45, 7) is 1.29. The molecule has 4 N–H and O–H groups in total. The Hall–Kier alpha value is 0.300. The van der Waals surface area contributed by atoms with Crippen molar-refractivity contribution in [1.29, 1.82) is 0 Å². The highest BCUT2D eigenvalue weighted by Gasteiger charge is 2.61. The van der Waals surface area contributed by atoms with Crippen LogP contribution in [0.2, 0.25) is 0 Å². The average Bonchev–Trinajstić information content (AvgIpc) is 1.95. The zero-order chi connectivity index (χ0) is 11.9. The van der Waals surface area contributed by atoms with Crippen LogP contribution < -0.4 is 0 Å². The Morgan fingerprint density at radius 3 is 1.93 bits per heavy atom. The first-order valence-electron chi connectivity index (χ1n) is 4.77. The maximum absolute atomic E-state index is 11.9. The molecule has 0 aromatic carbocycles. The maximum Gasteiger partial charge on any atom is 0.366 e. The van der Waals surface area contributed by atoms with E-state index in [2.05, 4.69) is 0 Å². The van der Waals surface area contributed by atoms with Gasteiger partial charge in [0.1, 0.15) is 0 Å². The summed E-state index contributed by atoms with van der Waals surface area (Å²) >= 11 is 0. The van der Waals surface area contributed by atoms with E-state index in [-0.39, 0.29) is 0 Å². The Morgan fingerprint density at radius 1 is 1.27 bits per heavy atom. The summed E-state index contributed by atoms with van der Waals surface area (Å²) in [5.74, 6) is 0. The van der Waals surface area contributed by atoms with Crippen molar-refractivity contribution in [3.8, 4) is 0 Å². The minimum absolute atomic E-state index is 0.429. The predicted molar refractivity (Wildman–Crippen MR) is 54.7 cm³/mol. The van der Waals surface area contributed by atoms with Crippen LogP contribution in [0.15, 0.2) is 0 Å². The molecule has 1 rings (SSSR count). The minimum Gasteiger partial charge on any atom is -0.369 e. The molecule has 0 radical (unpaired) electrons. The van der Waals surface area contributed by atoms with E-state index < -0.39 is 32.1 Å². The van der Waals surface area contributed by atoms with Gasteiger partial charge >= 0.3 is 7.60 Å². The Balaban J connectivity index is 3.10. The normalized spacial score (nSPS) is 26.5. The molecule has 6 nitrogen and oxygen atoms in total. The van der Waals surface area contributed by atoms with Gasteiger partial charge in [-0.3, -0.25) is 9.13 Å². The van der Waals surface area contributed by atoms with Gasteiger partial charge in [0.25, 0.3) is 0 Å². The van der Waals surface area contributed by atoms with E-state index in [1.807, 2.05) is 0 Å². The summed E-state index contributed by atoms with van der Waals surface area (Å²) in [5, 5.41) is 6.97. The highest BCUT2D eigenvalue weighted by atomic mass is 31.2. The van der Waals surface area contributed by atoms with Gasteiger partial charge in [-0.2, -0.15) is 0 Å². The van der Waals surface area contributed by atoms with Crippen molar-refractivity contribution in [1.82, 2.24) is 0 Å². The Morgan fingerprint density at radius 2 is 1.73 bits per heavy atom. The van der Waals surface area contributed by atoms with Crippen molar-refractivity contribution in [2.75, 3.05) is 0 Å². The van der Waals surface area contributed by atoms with Crippen molar-refractivity contribution in [2.45, 2.75) is 43.3 Å². The third-order valence-corrected chi connectivity index (χ3v) is 8.76. The maximum atomic E-state index is 11.9. The van der Waals surface area contributed by atoms with E-state index in [0.29, 0.717) is 12.8 Å². The van der Waals surface area contributed by atoms with Crippen molar-refractivity contribution in [2.24, 2.45) is 0 Å². The Kier molecular flexibility index (Phi) is 3.52. The summed E-state index contributed by atoms with van der Waals surface area (Å²) in [5.41, 5.74) is -0.671. The van der Waals surface area contributed by atoms with Crippen LogP contribution >= 0.6 is 15.0 Å². The Labute approximate surface area is 87.9 Å². The van der Waals surface area contributed by atoms with E-state index >= 15 is 0 Å². The molecule has 0 bridgehead atoms. The van der Waals surface area contributed by atoms with Gasteiger partial charge in [-0.25, -0.2) is 0 Å². The van der Waals surface area contributed by atoms with E-state index in [0.717, 1.165) is 6.42 Å². The lowest BCUT2D eigenvalue weighted by molar-refractivity contribution is 0.140. The first-order valence-corrected chi connectivity index (χ1v) is 8.11. The molecule has 90 valence electrons. The van der Waals surface area contributed by atoms with Gasteiger partial charge in [-0.05, 0) is 19.3 Å². The molecule has 1 saturated carbocycles. The molecule has 2 unspecified atom stereocenters. The molecule has 8 heteroatoms. The summed E-state index contributed by atoms with van der Waals surface area (Å²) in [6.07, 6.45) is 1.21. The molecule has 2 atom stereocenters. The number of aliphatic hydroxyl groups is 1. The monoisotopic (exact) mass is 258 g/mol. The average molecular weight is 258 g/mol. The van der Waals surface area contributed by atoms with Gasteiger partial charge < -0.3 is 19.8 Å². The van der Waals surface area contributed by atoms with Crippen LogP contribution in [0.4, 0.5) is 0 Å². The number of hydrogen-bond donors (Lipinski definition) is 4. The third-order valence-electron chi connectivity index (χ3n) is 3.02. The van der Waals surface area contributed by atoms with Crippen molar-refractivity contribution < 1.29 is 28.9 Å². The second kappa shape index (κ2) is 3.95. The van der Waals surface area contributed by atoms with Crippen LogP contribution in [0.25, 0.3) is 0 Å². The van der Waals surface area contributed by atoms with Gasteiger partial charge in [-0.15, -0.1) is 0 Å². The second-order valence-electron chi connectivity index (χ2n) is 3.88. The van der Waals surface area contributed by atoms with Crippen molar-refractivity contribution >= 4 is 15.0 Å². The van der Waals surface area contributed by atoms with E-state index in [1.165, 1.54) is 6.92 Å². The van der Waals surface area contributed by atoms with Crippen LogP contribution in [-0.4, -0.2) is 30.5 Å². The standard InChI is InChI=1S/C7H16O6P2/c1-2-7(8,15(11,12)13)14(9,10)6-4-3-5-6/h6,8H,2-5H2,1H3,(H,9,10)(H2,11,12,13). The molecule has 0 aromatic rings. The molecule has 15 heavy (non-hydrogen) atoms. The Bertz CT molecular complexity index is 332. The smallest absolute Gasteiger partial charge is 0.366 e.